The summed E-state index contributed by atoms with van der Waals surface area (Å²) >= 11 is 6.77. The highest BCUT2D eigenvalue weighted by molar-refractivity contribution is 9.11. The average molecular weight is 413 g/mol. The smallest absolute Gasteiger partial charge is 0.251 e. The first-order chi connectivity index (χ1) is 10.1. The summed E-state index contributed by atoms with van der Waals surface area (Å²) in [6.45, 7) is 1.01. The zero-order valence-corrected chi connectivity index (χ0v) is 14.7. The van der Waals surface area contributed by atoms with Crippen molar-refractivity contribution in [3.8, 4) is 0 Å². The van der Waals surface area contributed by atoms with E-state index in [1.807, 2.05) is 30.3 Å². The third-order valence-corrected chi connectivity index (χ3v) is 3.90. The van der Waals surface area contributed by atoms with Gasteiger partial charge >= 0.3 is 0 Å². The van der Waals surface area contributed by atoms with Gasteiger partial charge in [-0.1, -0.05) is 56.1 Å². The molecule has 0 atom stereocenters. The number of ether oxygens (including phenoxy) is 1. The van der Waals surface area contributed by atoms with Crippen molar-refractivity contribution < 1.29 is 9.53 Å². The van der Waals surface area contributed by atoms with E-state index in [0.717, 1.165) is 20.1 Å². The molecule has 5 heteroatoms. The monoisotopic (exact) mass is 411 g/mol. The molecule has 0 aliphatic heterocycles. The van der Waals surface area contributed by atoms with E-state index in [0.29, 0.717) is 18.7 Å². The highest BCUT2D eigenvalue weighted by atomic mass is 79.9. The lowest BCUT2D eigenvalue weighted by Crippen LogP contribution is -2.23. The van der Waals surface area contributed by atoms with Crippen LogP contribution < -0.4 is 5.32 Å². The van der Waals surface area contributed by atoms with E-state index < -0.39 is 0 Å². The van der Waals surface area contributed by atoms with Crippen molar-refractivity contribution in [2.24, 2.45) is 0 Å². The highest BCUT2D eigenvalue weighted by Gasteiger charge is 2.08. The summed E-state index contributed by atoms with van der Waals surface area (Å²) in [5.74, 6) is -0.107. The molecule has 0 heterocycles. The molecule has 2 aromatic carbocycles. The highest BCUT2D eigenvalue weighted by Crippen LogP contribution is 2.20. The SMILES string of the molecule is COCc1ccccc1CNC(=O)c1cc(Br)cc(Br)c1. The number of carbonyl (C=O) groups is 1. The normalized spacial score (nSPS) is 10.4. The van der Waals surface area contributed by atoms with Gasteiger partial charge in [-0.05, 0) is 29.3 Å². The van der Waals surface area contributed by atoms with Crippen LogP contribution in [0.4, 0.5) is 0 Å². The van der Waals surface area contributed by atoms with Gasteiger partial charge in [0, 0.05) is 28.2 Å². The van der Waals surface area contributed by atoms with Crippen molar-refractivity contribution >= 4 is 37.8 Å². The fraction of sp³-hybridized carbons (Fsp3) is 0.188. The molecule has 0 aromatic heterocycles. The van der Waals surface area contributed by atoms with Crippen LogP contribution in [0.5, 0.6) is 0 Å². The van der Waals surface area contributed by atoms with Crippen molar-refractivity contribution in [1.82, 2.24) is 5.32 Å². The standard InChI is InChI=1S/C16H15Br2NO2/c1-21-10-12-5-3-2-4-11(12)9-19-16(20)13-6-14(17)8-15(18)7-13/h2-8H,9-10H2,1H3,(H,19,20). The maximum absolute atomic E-state index is 12.2. The first-order valence-electron chi connectivity index (χ1n) is 6.40. The van der Waals surface area contributed by atoms with Crippen LogP contribution in [0.3, 0.4) is 0 Å². The van der Waals surface area contributed by atoms with Gasteiger partial charge in [-0.3, -0.25) is 4.79 Å². The minimum Gasteiger partial charge on any atom is -0.380 e. The Balaban J connectivity index is 2.07. The average Bonchev–Trinajstić information content (AvgIpc) is 2.45. The van der Waals surface area contributed by atoms with Gasteiger partial charge in [-0.15, -0.1) is 0 Å². The number of methoxy groups -OCH3 is 1. The lowest BCUT2D eigenvalue weighted by Gasteiger charge is -2.10. The Morgan fingerprint density at radius 3 is 2.33 bits per heavy atom. The van der Waals surface area contributed by atoms with Crippen LogP contribution in [0.2, 0.25) is 0 Å². The Morgan fingerprint density at radius 1 is 1.10 bits per heavy atom. The fourth-order valence-electron chi connectivity index (χ4n) is 1.99. The predicted molar refractivity (Wildman–Crippen MR) is 90.2 cm³/mol. The second-order valence-electron chi connectivity index (χ2n) is 4.54. The number of amides is 1. The topological polar surface area (TPSA) is 38.3 Å². The molecule has 2 rings (SSSR count). The van der Waals surface area contributed by atoms with Gasteiger partial charge in [0.05, 0.1) is 6.61 Å². The number of rotatable bonds is 5. The first kappa shape index (κ1) is 16.2. The predicted octanol–water partition coefficient (Wildman–Crippen LogP) is 4.29. The lowest BCUT2D eigenvalue weighted by atomic mass is 10.1. The van der Waals surface area contributed by atoms with Crippen molar-refractivity contribution in [2.45, 2.75) is 13.2 Å². The molecule has 2 aromatic rings. The summed E-state index contributed by atoms with van der Waals surface area (Å²) in [4.78, 5) is 12.2. The fourth-order valence-corrected chi connectivity index (χ4v) is 3.28. The quantitative estimate of drug-likeness (QED) is 0.795. The third kappa shape index (κ3) is 4.66. The van der Waals surface area contributed by atoms with Gasteiger partial charge in [0.1, 0.15) is 0 Å². The van der Waals surface area contributed by atoms with E-state index in [2.05, 4.69) is 37.2 Å². The van der Waals surface area contributed by atoms with Gasteiger partial charge in [0.25, 0.3) is 5.91 Å². The minimum absolute atomic E-state index is 0.107. The molecule has 0 saturated heterocycles. The molecule has 3 nitrogen and oxygen atoms in total. The largest absolute Gasteiger partial charge is 0.380 e. The second kappa shape index (κ2) is 7.73. The molecule has 110 valence electrons. The van der Waals surface area contributed by atoms with E-state index in [9.17, 15) is 4.79 Å². The van der Waals surface area contributed by atoms with Crippen molar-refractivity contribution in [2.75, 3.05) is 7.11 Å². The zero-order chi connectivity index (χ0) is 15.2. The molecule has 0 saturated carbocycles. The van der Waals surface area contributed by atoms with Crippen LogP contribution in [-0.2, 0) is 17.9 Å². The first-order valence-corrected chi connectivity index (χ1v) is 7.99. The summed E-state index contributed by atoms with van der Waals surface area (Å²) in [5, 5.41) is 2.93. The Bertz CT molecular complexity index is 624. The van der Waals surface area contributed by atoms with Crippen LogP contribution >= 0.6 is 31.9 Å². The molecule has 0 unspecified atom stereocenters. The Kier molecular flexibility index (Phi) is 5.96. The van der Waals surface area contributed by atoms with Gasteiger partial charge in [0.2, 0.25) is 0 Å². The summed E-state index contributed by atoms with van der Waals surface area (Å²) in [5.41, 5.74) is 2.75. The Labute approximate surface area is 141 Å². The van der Waals surface area contributed by atoms with Gasteiger partial charge in [-0.25, -0.2) is 0 Å². The number of carbonyl (C=O) groups excluding carboxylic acids is 1. The molecule has 1 N–H and O–H groups in total. The maximum Gasteiger partial charge on any atom is 0.251 e. The number of nitrogens with one attached hydrogen (secondary N) is 1. The number of halogens is 2. The van der Waals surface area contributed by atoms with Crippen molar-refractivity contribution in [1.29, 1.82) is 0 Å². The molecule has 0 aliphatic carbocycles. The summed E-state index contributed by atoms with van der Waals surface area (Å²) in [6.07, 6.45) is 0. The van der Waals surface area contributed by atoms with Crippen LogP contribution in [0.25, 0.3) is 0 Å². The van der Waals surface area contributed by atoms with Gasteiger partial charge in [0.15, 0.2) is 0 Å². The Morgan fingerprint density at radius 2 is 1.71 bits per heavy atom. The molecule has 21 heavy (non-hydrogen) atoms. The van der Waals surface area contributed by atoms with E-state index in [-0.39, 0.29) is 5.91 Å². The molecular formula is C16H15Br2NO2. The number of benzene rings is 2. The van der Waals surface area contributed by atoms with Crippen molar-refractivity contribution in [3.63, 3.8) is 0 Å². The molecule has 0 radical (unpaired) electrons. The zero-order valence-electron chi connectivity index (χ0n) is 11.5. The maximum atomic E-state index is 12.2. The Hall–Kier alpha value is -1.17. The summed E-state index contributed by atoms with van der Waals surface area (Å²) in [6, 6.07) is 13.4. The van der Waals surface area contributed by atoms with Crippen molar-refractivity contribution in [3.05, 3.63) is 68.1 Å². The van der Waals surface area contributed by atoms with E-state index >= 15 is 0 Å². The second-order valence-corrected chi connectivity index (χ2v) is 6.37. The van der Waals surface area contributed by atoms with Crippen LogP contribution in [-0.4, -0.2) is 13.0 Å². The third-order valence-electron chi connectivity index (χ3n) is 2.98. The molecule has 0 spiro atoms. The van der Waals surface area contributed by atoms with Gasteiger partial charge in [-0.2, -0.15) is 0 Å². The molecular weight excluding hydrogens is 398 g/mol. The molecule has 1 amide bonds. The summed E-state index contributed by atoms with van der Waals surface area (Å²) in [7, 11) is 1.66. The van der Waals surface area contributed by atoms with Crippen LogP contribution in [0.15, 0.2) is 51.4 Å². The molecule has 0 aliphatic rings. The van der Waals surface area contributed by atoms with E-state index in [1.54, 1.807) is 19.2 Å². The number of hydrogen-bond acceptors (Lipinski definition) is 2. The number of hydrogen-bond donors (Lipinski definition) is 1. The van der Waals surface area contributed by atoms with E-state index in [4.69, 9.17) is 4.74 Å². The minimum atomic E-state index is -0.107. The molecule has 0 bridgehead atoms. The van der Waals surface area contributed by atoms with Crippen LogP contribution in [0.1, 0.15) is 21.5 Å². The van der Waals surface area contributed by atoms with Gasteiger partial charge < -0.3 is 10.1 Å². The molecule has 0 fully saturated rings. The van der Waals surface area contributed by atoms with Crippen LogP contribution in [0, 0.1) is 0 Å². The lowest BCUT2D eigenvalue weighted by molar-refractivity contribution is 0.0950. The van der Waals surface area contributed by atoms with E-state index in [1.165, 1.54) is 0 Å². The summed E-state index contributed by atoms with van der Waals surface area (Å²) < 4.78 is 6.89.